The molecule has 2 aromatic carbocycles. The number of fused-ring (bicyclic) bond motifs is 1. The van der Waals surface area contributed by atoms with Gasteiger partial charge in [-0.3, -0.25) is 19.6 Å². The van der Waals surface area contributed by atoms with E-state index in [1.807, 2.05) is 34.5 Å². The molecule has 3 aromatic rings. The number of hydrogen-bond acceptors (Lipinski definition) is 10. The van der Waals surface area contributed by atoms with Crippen LogP contribution in [0.15, 0.2) is 70.3 Å². The monoisotopic (exact) mass is 712 g/mol. The number of nitrogens with one attached hydrogen (secondary N) is 1. The van der Waals surface area contributed by atoms with E-state index in [0.717, 1.165) is 11.3 Å². The molecule has 0 spiro atoms. The molecular weight excluding hydrogens is 679 g/mol. The Morgan fingerprint density at radius 3 is 2.58 bits per heavy atom. The molecule has 48 heavy (non-hydrogen) atoms. The topological polar surface area (TPSA) is 137 Å². The third-order valence-corrected chi connectivity index (χ3v) is 10.1. The van der Waals surface area contributed by atoms with Gasteiger partial charge in [-0.15, -0.1) is 11.3 Å². The summed E-state index contributed by atoms with van der Waals surface area (Å²) in [5, 5.41) is 15.7. The summed E-state index contributed by atoms with van der Waals surface area (Å²) >= 11 is 14.3. The number of amides is 2. The molecule has 3 aliphatic rings. The molecule has 2 fully saturated rings. The number of aryl methyl sites for hydroxylation is 1. The highest BCUT2D eigenvalue weighted by Crippen LogP contribution is 2.38. The van der Waals surface area contributed by atoms with Gasteiger partial charge in [-0.2, -0.15) is 0 Å². The first-order valence-electron chi connectivity index (χ1n) is 15.3. The van der Waals surface area contributed by atoms with E-state index < -0.39 is 18.0 Å². The van der Waals surface area contributed by atoms with Crippen molar-refractivity contribution in [2.75, 3.05) is 51.9 Å². The van der Waals surface area contributed by atoms with Crippen LogP contribution in [0.3, 0.4) is 0 Å². The number of aliphatic imine (C=N–C) groups is 1. The van der Waals surface area contributed by atoms with Crippen LogP contribution >= 0.6 is 34.5 Å². The van der Waals surface area contributed by atoms with E-state index in [0.29, 0.717) is 76.9 Å². The van der Waals surface area contributed by atoms with Crippen LogP contribution in [0.4, 0.5) is 10.5 Å². The second-order valence-electron chi connectivity index (χ2n) is 11.6. The number of benzene rings is 2. The van der Waals surface area contributed by atoms with Gasteiger partial charge in [0, 0.05) is 78.3 Å². The van der Waals surface area contributed by atoms with Crippen LogP contribution in [-0.4, -0.2) is 103 Å². The molecule has 0 radical (unpaired) electrons. The van der Waals surface area contributed by atoms with Crippen molar-refractivity contribution in [2.24, 2.45) is 4.99 Å². The van der Waals surface area contributed by atoms with Crippen molar-refractivity contribution in [3.63, 3.8) is 0 Å². The molecule has 0 bridgehead atoms. The van der Waals surface area contributed by atoms with Crippen LogP contribution in [0, 0.1) is 0 Å². The number of methoxy groups -OCH3 is 2. The minimum absolute atomic E-state index is 0.0417. The summed E-state index contributed by atoms with van der Waals surface area (Å²) in [6.45, 7) is 2.08. The van der Waals surface area contributed by atoms with Crippen LogP contribution in [0.5, 0.6) is 0 Å². The number of carbonyl (C=O) groups excluding carboxylic acids is 2. The number of anilines is 1. The highest BCUT2D eigenvalue weighted by atomic mass is 35.5. The largest absolute Gasteiger partial charge is 0.481 e. The van der Waals surface area contributed by atoms with Gasteiger partial charge < -0.3 is 24.8 Å². The highest BCUT2D eigenvalue weighted by molar-refractivity contribution is 7.11. The first-order chi connectivity index (χ1) is 23.2. The lowest BCUT2D eigenvalue weighted by atomic mass is 9.94. The molecule has 2 N–H and O–H groups in total. The predicted octanol–water partition coefficient (Wildman–Crippen LogP) is 4.63. The predicted molar refractivity (Wildman–Crippen MR) is 183 cm³/mol. The number of carboxylic acids is 1. The van der Waals surface area contributed by atoms with Gasteiger partial charge in [0.1, 0.15) is 6.04 Å². The number of aromatic nitrogens is 1. The number of hydrogen-bond donors (Lipinski definition) is 2. The van der Waals surface area contributed by atoms with Crippen molar-refractivity contribution in [3.8, 4) is 0 Å². The fourth-order valence-electron chi connectivity index (χ4n) is 6.46. The molecule has 2 amide bonds. The van der Waals surface area contributed by atoms with E-state index in [2.05, 4.69) is 15.2 Å². The van der Waals surface area contributed by atoms with Gasteiger partial charge in [0.25, 0.3) is 0 Å². The minimum Gasteiger partial charge on any atom is -0.481 e. The lowest BCUT2D eigenvalue weighted by Gasteiger charge is -2.44. The van der Waals surface area contributed by atoms with Crippen molar-refractivity contribution < 1.29 is 29.0 Å². The second-order valence-corrected chi connectivity index (χ2v) is 13.3. The van der Waals surface area contributed by atoms with Gasteiger partial charge in [-0.1, -0.05) is 41.4 Å². The standard InChI is InChI=1S/C33H34Cl2N6O6S/c1-46-18-26-25-17-41(21-7-3-19(4-8-21)5-10-27(42)43)33(45)40(25)13-12-39(26)16-24-28(32(44)47-2)29(22-9-6-20(34)15-23(22)35)38-30(37-24)31-36-11-14-48-31/h3-4,6-9,11,14-15,25-26,29H,5,10,12-13,16-18H2,1-2H3,(H,37,38)(H,42,43)/t25-,26-,29+/m1/s1. The zero-order valence-corrected chi connectivity index (χ0v) is 28.6. The molecule has 0 unspecified atom stereocenters. The molecule has 252 valence electrons. The Bertz CT molecular complexity index is 1750. The average molecular weight is 714 g/mol. The normalized spacial score (nSPS) is 21.2. The molecule has 1 aromatic heterocycles. The molecular formula is C33H34Cl2N6O6S. The van der Waals surface area contributed by atoms with E-state index in [1.165, 1.54) is 18.4 Å². The maximum absolute atomic E-state index is 13.7. The minimum atomic E-state index is -0.853. The third-order valence-electron chi connectivity index (χ3n) is 8.79. The van der Waals surface area contributed by atoms with E-state index >= 15 is 0 Å². The Balaban J connectivity index is 1.31. The summed E-state index contributed by atoms with van der Waals surface area (Å²) in [6.07, 6.45) is 2.15. The Kier molecular flexibility index (Phi) is 10.3. The van der Waals surface area contributed by atoms with Gasteiger partial charge >= 0.3 is 18.0 Å². The number of carboxylic acid groups (broad SMARTS) is 1. The number of thiazole rings is 1. The number of esters is 1. The van der Waals surface area contributed by atoms with Crippen LogP contribution in [0.1, 0.15) is 28.6 Å². The fourth-order valence-corrected chi connectivity index (χ4v) is 7.56. The summed E-state index contributed by atoms with van der Waals surface area (Å²) in [6, 6.07) is 11.2. The van der Waals surface area contributed by atoms with E-state index in [1.54, 1.807) is 36.4 Å². The van der Waals surface area contributed by atoms with Crippen molar-refractivity contribution in [1.29, 1.82) is 0 Å². The van der Waals surface area contributed by atoms with Crippen molar-refractivity contribution in [2.45, 2.75) is 31.0 Å². The summed E-state index contributed by atoms with van der Waals surface area (Å²) in [7, 11) is 2.96. The number of amidine groups is 1. The van der Waals surface area contributed by atoms with Gasteiger partial charge in [0.15, 0.2) is 10.8 Å². The number of urea groups is 1. The van der Waals surface area contributed by atoms with Crippen LogP contribution in [-0.2, 0) is 25.5 Å². The Hall–Kier alpha value is -4.01. The molecule has 12 nitrogen and oxygen atoms in total. The van der Waals surface area contributed by atoms with Crippen molar-refractivity contribution in [1.82, 2.24) is 20.1 Å². The zero-order chi connectivity index (χ0) is 33.9. The van der Waals surface area contributed by atoms with E-state index in [9.17, 15) is 14.4 Å². The van der Waals surface area contributed by atoms with Gasteiger partial charge in [-0.25, -0.2) is 14.6 Å². The van der Waals surface area contributed by atoms with Crippen molar-refractivity contribution in [3.05, 3.63) is 91.5 Å². The average Bonchev–Trinajstić information content (AvgIpc) is 3.73. The number of carbonyl (C=O) groups is 3. The van der Waals surface area contributed by atoms with Gasteiger partial charge in [-0.05, 0) is 36.2 Å². The molecule has 4 heterocycles. The summed E-state index contributed by atoms with van der Waals surface area (Å²) < 4.78 is 11.0. The fraction of sp³-hybridized carbons (Fsp3) is 0.364. The maximum atomic E-state index is 13.7. The van der Waals surface area contributed by atoms with Gasteiger partial charge in [0.05, 0.1) is 31.4 Å². The highest BCUT2D eigenvalue weighted by Gasteiger charge is 2.47. The third kappa shape index (κ3) is 6.92. The second kappa shape index (κ2) is 14.6. The number of nitrogens with zero attached hydrogens (tertiary/aromatic N) is 5. The van der Waals surface area contributed by atoms with Crippen LogP contribution in [0.25, 0.3) is 0 Å². The number of piperazine rings is 1. The zero-order valence-electron chi connectivity index (χ0n) is 26.3. The van der Waals surface area contributed by atoms with Crippen LogP contribution < -0.4 is 10.2 Å². The number of rotatable bonds is 11. The number of ether oxygens (including phenoxy) is 2. The van der Waals surface area contributed by atoms with Gasteiger partial charge in [0.2, 0.25) is 0 Å². The quantitative estimate of drug-likeness (QED) is 0.273. The number of halogens is 2. The summed E-state index contributed by atoms with van der Waals surface area (Å²) in [5.74, 6) is -0.903. The summed E-state index contributed by atoms with van der Waals surface area (Å²) in [5.41, 5.74) is 3.13. The Morgan fingerprint density at radius 1 is 1.12 bits per heavy atom. The number of aliphatic carboxylic acids is 1. The molecule has 0 aliphatic carbocycles. The summed E-state index contributed by atoms with van der Waals surface area (Å²) in [4.78, 5) is 53.4. The lowest BCUT2D eigenvalue weighted by Crippen LogP contribution is -2.61. The smallest absolute Gasteiger partial charge is 0.338 e. The first-order valence-corrected chi connectivity index (χ1v) is 16.9. The van der Waals surface area contributed by atoms with Crippen molar-refractivity contribution >= 4 is 64.0 Å². The Morgan fingerprint density at radius 2 is 1.92 bits per heavy atom. The molecule has 2 saturated heterocycles. The molecule has 0 saturated carbocycles. The van der Waals surface area contributed by atoms with E-state index in [4.69, 9.17) is 42.8 Å². The first kappa shape index (κ1) is 33.9. The Labute approximate surface area is 291 Å². The van der Waals surface area contributed by atoms with E-state index in [-0.39, 0.29) is 24.5 Å². The molecule has 15 heteroatoms. The van der Waals surface area contributed by atoms with Crippen LogP contribution in [0.2, 0.25) is 10.0 Å². The lowest BCUT2D eigenvalue weighted by molar-refractivity contribution is -0.137. The molecule has 3 atom stereocenters. The SMILES string of the molecule is COC[C@@H]1[C@H]2CN(c3ccc(CCC(=O)O)cc3)C(=O)N2CCN1CC1=C(C(=O)OC)[C@H](c2ccc(Cl)cc2Cl)N=C(c2nccs2)N1. The molecule has 3 aliphatic heterocycles. The molecule has 6 rings (SSSR count). The maximum Gasteiger partial charge on any atom is 0.338 e.